The van der Waals surface area contributed by atoms with Crippen molar-refractivity contribution < 1.29 is 9.18 Å². The Hall–Kier alpha value is -3.11. The second-order valence-electron chi connectivity index (χ2n) is 5.47. The van der Waals surface area contributed by atoms with Gasteiger partial charge in [-0.25, -0.2) is 9.37 Å². The van der Waals surface area contributed by atoms with Gasteiger partial charge in [-0.3, -0.25) is 9.78 Å². The summed E-state index contributed by atoms with van der Waals surface area (Å²) in [6.45, 7) is 0.562. The van der Waals surface area contributed by atoms with E-state index in [1.54, 1.807) is 35.8 Å². The number of carbonyl (C=O) groups excluding carboxylic acids is 1. The Labute approximate surface area is 154 Å². The average molecular weight is 366 g/mol. The molecule has 0 saturated heterocycles. The fourth-order valence-corrected chi connectivity index (χ4v) is 3.24. The first-order chi connectivity index (χ1) is 12.7. The summed E-state index contributed by atoms with van der Waals surface area (Å²) in [4.78, 5) is 22.9. The first-order valence-electron chi connectivity index (χ1n) is 7.95. The summed E-state index contributed by atoms with van der Waals surface area (Å²) in [5.74, 6) is -0.680. The molecule has 2 heterocycles. The Bertz CT molecular complexity index is 936. The van der Waals surface area contributed by atoms with Crippen molar-refractivity contribution in [3.8, 4) is 16.6 Å². The highest BCUT2D eigenvalue weighted by Gasteiger charge is 2.20. The molecular weight excluding hydrogens is 351 g/mol. The standard InChI is InChI=1S/C19H15FN4OS/c20-16-8-2-1-7-15(16)18-23-17(13-26-18)19(25)24(11-5-9-21)12-14-6-3-4-10-22-14/h1-4,6-8,10,13H,5,11-12H2. The second-order valence-corrected chi connectivity index (χ2v) is 6.33. The molecule has 0 radical (unpaired) electrons. The summed E-state index contributed by atoms with van der Waals surface area (Å²) in [6.07, 6.45) is 1.87. The SMILES string of the molecule is N#CCCN(Cc1ccccn1)C(=O)c1csc(-c2ccccc2F)n1. The lowest BCUT2D eigenvalue weighted by Crippen LogP contribution is -2.32. The molecule has 0 unspecified atom stereocenters. The van der Waals surface area contributed by atoms with Gasteiger partial charge in [0.25, 0.3) is 5.91 Å². The number of pyridine rings is 1. The molecule has 1 amide bonds. The van der Waals surface area contributed by atoms with Crippen molar-refractivity contribution >= 4 is 17.2 Å². The van der Waals surface area contributed by atoms with Crippen molar-refractivity contribution in [2.75, 3.05) is 6.54 Å². The van der Waals surface area contributed by atoms with Crippen LogP contribution in [0.15, 0.2) is 54.0 Å². The highest BCUT2D eigenvalue weighted by molar-refractivity contribution is 7.13. The van der Waals surface area contributed by atoms with Crippen LogP contribution >= 0.6 is 11.3 Å². The molecule has 0 atom stereocenters. The van der Waals surface area contributed by atoms with Gasteiger partial charge in [0.05, 0.1) is 24.7 Å². The first kappa shape index (κ1) is 17.7. The van der Waals surface area contributed by atoms with Crippen molar-refractivity contribution in [2.45, 2.75) is 13.0 Å². The molecule has 130 valence electrons. The van der Waals surface area contributed by atoms with Crippen LogP contribution in [0.4, 0.5) is 4.39 Å². The molecule has 26 heavy (non-hydrogen) atoms. The fraction of sp³-hybridized carbons (Fsp3) is 0.158. The summed E-state index contributed by atoms with van der Waals surface area (Å²) in [7, 11) is 0. The number of amides is 1. The first-order valence-corrected chi connectivity index (χ1v) is 8.83. The summed E-state index contributed by atoms with van der Waals surface area (Å²) in [5.41, 5.74) is 1.33. The van der Waals surface area contributed by atoms with E-state index in [4.69, 9.17) is 5.26 Å². The second kappa shape index (κ2) is 8.32. The van der Waals surface area contributed by atoms with Gasteiger partial charge in [-0.2, -0.15) is 5.26 Å². The van der Waals surface area contributed by atoms with E-state index in [1.165, 1.54) is 22.3 Å². The third-order valence-corrected chi connectivity index (χ3v) is 4.56. The number of nitriles is 1. The fourth-order valence-electron chi connectivity index (χ4n) is 2.42. The lowest BCUT2D eigenvalue weighted by atomic mass is 10.2. The quantitative estimate of drug-likeness (QED) is 0.663. The maximum absolute atomic E-state index is 13.9. The summed E-state index contributed by atoms with van der Waals surface area (Å²) < 4.78 is 13.9. The van der Waals surface area contributed by atoms with Crippen LogP contribution in [0, 0.1) is 17.1 Å². The van der Waals surface area contributed by atoms with Gasteiger partial charge >= 0.3 is 0 Å². The molecule has 0 N–H and O–H groups in total. The Morgan fingerprint density at radius 2 is 2.04 bits per heavy atom. The van der Waals surface area contributed by atoms with E-state index in [1.807, 2.05) is 18.2 Å². The van der Waals surface area contributed by atoms with Crippen LogP contribution < -0.4 is 0 Å². The Morgan fingerprint density at radius 3 is 2.77 bits per heavy atom. The molecule has 7 heteroatoms. The molecule has 2 aromatic heterocycles. The van der Waals surface area contributed by atoms with Gasteiger partial charge in [0.2, 0.25) is 0 Å². The number of hydrogen-bond acceptors (Lipinski definition) is 5. The van der Waals surface area contributed by atoms with Gasteiger partial charge in [-0.05, 0) is 24.3 Å². The van der Waals surface area contributed by atoms with Crippen LogP contribution in [-0.2, 0) is 6.54 Å². The molecule has 0 aliphatic heterocycles. The monoisotopic (exact) mass is 366 g/mol. The van der Waals surface area contributed by atoms with Crippen LogP contribution in [-0.4, -0.2) is 27.3 Å². The zero-order chi connectivity index (χ0) is 18.4. The van der Waals surface area contributed by atoms with Gasteiger partial charge in [-0.1, -0.05) is 18.2 Å². The Balaban J connectivity index is 1.83. The molecule has 1 aromatic carbocycles. The van der Waals surface area contributed by atoms with Crippen molar-refractivity contribution in [3.63, 3.8) is 0 Å². The minimum absolute atomic E-state index is 0.211. The van der Waals surface area contributed by atoms with E-state index in [2.05, 4.69) is 9.97 Å². The predicted molar refractivity (Wildman–Crippen MR) is 96.7 cm³/mol. The zero-order valence-corrected chi connectivity index (χ0v) is 14.6. The van der Waals surface area contributed by atoms with Crippen molar-refractivity contribution in [2.24, 2.45) is 0 Å². The smallest absolute Gasteiger partial charge is 0.273 e. The number of carbonyl (C=O) groups is 1. The van der Waals surface area contributed by atoms with Crippen LogP contribution in [0.2, 0.25) is 0 Å². The molecule has 0 bridgehead atoms. The lowest BCUT2D eigenvalue weighted by Gasteiger charge is -2.20. The van der Waals surface area contributed by atoms with Gasteiger partial charge in [0, 0.05) is 23.7 Å². The van der Waals surface area contributed by atoms with Crippen molar-refractivity contribution in [3.05, 3.63) is 71.2 Å². The number of aromatic nitrogens is 2. The van der Waals surface area contributed by atoms with Gasteiger partial charge in [0.1, 0.15) is 16.5 Å². The van der Waals surface area contributed by atoms with E-state index in [9.17, 15) is 9.18 Å². The van der Waals surface area contributed by atoms with Gasteiger partial charge in [0.15, 0.2) is 0 Å². The van der Waals surface area contributed by atoms with Crippen LogP contribution in [0.1, 0.15) is 22.6 Å². The zero-order valence-electron chi connectivity index (χ0n) is 13.8. The number of rotatable bonds is 6. The normalized spacial score (nSPS) is 10.3. The van der Waals surface area contributed by atoms with Crippen LogP contribution in [0.5, 0.6) is 0 Å². The molecule has 3 rings (SSSR count). The van der Waals surface area contributed by atoms with Gasteiger partial charge in [-0.15, -0.1) is 11.3 Å². The maximum atomic E-state index is 13.9. The molecule has 0 spiro atoms. The number of benzene rings is 1. The molecule has 3 aromatic rings. The van der Waals surface area contributed by atoms with Crippen molar-refractivity contribution in [1.29, 1.82) is 5.26 Å². The largest absolute Gasteiger partial charge is 0.330 e. The summed E-state index contributed by atoms with van der Waals surface area (Å²) >= 11 is 1.21. The highest BCUT2D eigenvalue weighted by Crippen LogP contribution is 2.26. The minimum atomic E-state index is -0.379. The third kappa shape index (κ3) is 4.10. The van der Waals surface area contributed by atoms with Crippen molar-refractivity contribution in [1.82, 2.24) is 14.9 Å². The lowest BCUT2D eigenvalue weighted by molar-refractivity contribution is 0.0740. The topological polar surface area (TPSA) is 69.9 Å². The number of thiazole rings is 1. The number of halogens is 1. The summed E-state index contributed by atoms with van der Waals surface area (Å²) in [5, 5.41) is 10.9. The minimum Gasteiger partial charge on any atom is -0.330 e. The third-order valence-electron chi connectivity index (χ3n) is 3.69. The molecule has 0 fully saturated rings. The van der Waals surface area contributed by atoms with E-state index >= 15 is 0 Å². The van der Waals surface area contributed by atoms with E-state index < -0.39 is 0 Å². The Kier molecular flexibility index (Phi) is 5.66. The summed E-state index contributed by atoms with van der Waals surface area (Å²) in [6, 6.07) is 13.8. The number of hydrogen-bond donors (Lipinski definition) is 0. The Morgan fingerprint density at radius 1 is 1.23 bits per heavy atom. The van der Waals surface area contributed by atoms with Crippen LogP contribution in [0.3, 0.4) is 0 Å². The molecule has 0 aliphatic rings. The van der Waals surface area contributed by atoms with E-state index in [0.29, 0.717) is 10.6 Å². The predicted octanol–water partition coefficient (Wildman–Crippen LogP) is 3.90. The van der Waals surface area contributed by atoms with E-state index in [0.717, 1.165) is 5.69 Å². The molecule has 0 saturated carbocycles. The average Bonchev–Trinajstić information content (AvgIpc) is 3.15. The molecule has 0 aliphatic carbocycles. The number of nitrogens with zero attached hydrogens (tertiary/aromatic N) is 4. The van der Waals surface area contributed by atoms with Crippen LogP contribution in [0.25, 0.3) is 10.6 Å². The molecular formula is C19H15FN4OS. The maximum Gasteiger partial charge on any atom is 0.273 e. The van der Waals surface area contributed by atoms with E-state index in [-0.39, 0.29) is 36.9 Å². The molecule has 5 nitrogen and oxygen atoms in total. The van der Waals surface area contributed by atoms with Gasteiger partial charge < -0.3 is 4.90 Å². The highest BCUT2D eigenvalue weighted by atomic mass is 32.1.